The molecule has 166 valence electrons. The fourth-order valence-electron chi connectivity index (χ4n) is 3.99. The number of nitrogens with zero attached hydrogens (tertiary/aromatic N) is 1. The van der Waals surface area contributed by atoms with Crippen LogP contribution in [0.4, 0.5) is 4.39 Å². The van der Waals surface area contributed by atoms with Crippen molar-refractivity contribution < 1.29 is 14.0 Å². The molecular formula is C25H32FN3O2. The van der Waals surface area contributed by atoms with Crippen LogP contribution >= 0.6 is 0 Å². The topological polar surface area (TPSA) is 75.4 Å². The van der Waals surface area contributed by atoms with Crippen LogP contribution in [0.25, 0.3) is 11.1 Å². The fraction of sp³-hybridized carbons (Fsp3) is 0.440. The van der Waals surface area contributed by atoms with Crippen LogP contribution in [-0.2, 0) is 9.59 Å². The van der Waals surface area contributed by atoms with Crippen molar-refractivity contribution >= 4 is 11.8 Å². The van der Waals surface area contributed by atoms with Gasteiger partial charge in [-0.1, -0.05) is 56.3 Å². The molecule has 1 fully saturated rings. The lowest BCUT2D eigenvalue weighted by molar-refractivity contribution is -0.140. The average molecular weight is 426 g/mol. The summed E-state index contributed by atoms with van der Waals surface area (Å²) in [7, 11) is 0. The van der Waals surface area contributed by atoms with Gasteiger partial charge in [-0.3, -0.25) is 9.59 Å². The highest BCUT2D eigenvalue weighted by Crippen LogP contribution is 2.27. The monoisotopic (exact) mass is 425 g/mol. The normalized spacial score (nSPS) is 18.2. The number of carbonyl (C=O) groups is 2. The van der Waals surface area contributed by atoms with E-state index >= 15 is 0 Å². The molecule has 1 aliphatic heterocycles. The van der Waals surface area contributed by atoms with Crippen molar-refractivity contribution in [3.63, 3.8) is 0 Å². The van der Waals surface area contributed by atoms with Crippen molar-refractivity contribution in [1.82, 2.24) is 10.2 Å². The van der Waals surface area contributed by atoms with E-state index in [4.69, 9.17) is 5.73 Å². The number of carbonyl (C=O) groups excluding carboxylic acids is 2. The predicted octanol–water partition coefficient (Wildman–Crippen LogP) is 3.95. The van der Waals surface area contributed by atoms with Crippen LogP contribution < -0.4 is 11.1 Å². The third-order valence-electron chi connectivity index (χ3n) is 6.11. The molecule has 0 radical (unpaired) electrons. The van der Waals surface area contributed by atoms with Crippen LogP contribution in [0.15, 0.2) is 42.5 Å². The Morgan fingerprint density at radius 1 is 1.13 bits per heavy atom. The van der Waals surface area contributed by atoms with Crippen molar-refractivity contribution in [3.05, 3.63) is 59.4 Å². The maximum Gasteiger partial charge on any atom is 0.243 e. The zero-order valence-corrected chi connectivity index (χ0v) is 18.7. The Balaban J connectivity index is 1.68. The minimum Gasteiger partial charge on any atom is -0.348 e. The van der Waals surface area contributed by atoms with E-state index in [1.54, 1.807) is 24.0 Å². The van der Waals surface area contributed by atoms with E-state index in [-0.39, 0.29) is 29.6 Å². The summed E-state index contributed by atoms with van der Waals surface area (Å²) in [6.07, 6.45) is 1.43. The summed E-state index contributed by atoms with van der Waals surface area (Å²) in [5, 5.41) is 3.02. The molecule has 0 saturated carbocycles. The lowest BCUT2D eigenvalue weighted by atomic mass is 9.99. The van der Waals surface area contributed by atoms with Gasteiger partial charge in [0.25, 0.3) is 0 Å². The maximum atomic E-state index is 14.4. The molecule has 2 amide bonds. The first-order chi connectivity index (χ1) is 14.7. The second-order valence-electron chi connectivity index (χ2n) is 8.75. The van der Waals surface area contributed by atoms with E-state index in [9.17, 15) is 14.0 Å². The number of benzene rings is 2. The predicted molar refractivity (Wildman–Crippen MR) is 121 cm³/mol. The summed E-state index contributed by atoms with van der Waals surface area (Å²) >= 11 is 0. The van der Waals surface area contributed by atoms with Crippen molar-refractivity contribution in [2.75, 3.05) is 6.54 Å². The molecule has 0 aliphatic carbocycles. The summed E-state index contributed by atoms with van der Waals surface area (Å²) in [6, 6.07) is 11.5. The van der Waals surface area contributed by atoms with Crippen molar-refractivity contribution in [2.24, 2.45) is 11.7 Å². The van der Waals surface area contributed by atoms with E-state index in [0.717, 1.165) is 17.5 Å². The van der Waals surface area contributed by atoms with Crippen LogP contribution in [0, 0.1) is 18.7 Å². The number of nitrogens with one attached hydrogen (secondary N) is 1. The van der Waals surface area contributed by atoms with Gasteiger partial charge in [-0.05, 0) is 49.3 Å². The zero-order chi connectivity index (χ0) is 22.7. The average Bonchev–Trinajstić information content (AvgIpc) is 3.24. The van der Waals surface area contributed by atoms with Gasteiger partial charge in [0.05, 0.1) is 12.1 Å². The Kier molecular flexibility index (Phi) is 7.11. The zero-order valence-electron chi connectivity index (χ0n) is 18.7. The number of aryl methyl sites for hydroxylation is 1. The lowest BCUT2D eigenvalue weighted by Gasteiger charge is -2.29. The number of halogens is 1. The second-order valence-corrected chi connectivity index (χ2v) is 8.75. The van der Waals surface area contributed by atoms with Gasteiger partial charge in [0.1, 0.15) is 11.9 Å². The molecule has 3 unspecified atom stereocenters. The SMILES string of the molecule is Cc1cccc(-c2ccc(C(C)NC(=O)C3CCCN3C(=O)C(N)C(C)C)cc2)c1F. The smallest absolute Gasteiger partial charge is 0.243 e. The number of rotatable bonds is 6. The number of likely N-dealkylation sites (tertiary alicyclic amines) is 1. The van der Waals surface area contributed by atoms with Gasteiger partial charge >= 0.3 is 0 Å². The molecule has 0 spiro atoms. The van der Waals surface area contributed by atoms with Crippen molar-refractivity contribution in [3.8, 4) is 11.1 Å². The quantitative estimate of drug-likeness (QED) is 0.736. The van der Waals surface area contributed by atoms with Crippen LogP contribution in [0.1, 0.15) is 50.8 Å². The number of amides is 2. The highest BCUT2D eigenvalue weighted by molar-refractivity contribution is 5.90. The Morgan fingerprint density at radius 3 is 2.45 bits per heavy atom. The minimum absolute atomic E-state index is 0.0208. The molecule has 3 N–H and O–H groups in total. The molecule has 1 saturated heterocycles. The molecule has 6 heteroatoms. The molecule has 31 heavy (non-hydrogen) atoms. The molecule has 2 aromatic carbocycles. The fourth-order valence-corrected chi connectivity index (χ4v) is 3.99. The molecule has 1 heterocycles. The van der Waals surface area contributed by atoms with E-state index in [1.165, 1.54) is 0 Å². The van der Waals surface area contributed by atoms with Gasteiger partial charge in [-0.15, -0.1) is 0 Å². The molecule has 0 bridgehead atoms. The number of nitrogens with two attached hydrogens (primary N) is 1. The van der Waals surface area contributed by atoms with E-state index in [1.807, 2.05) is 51.1 Å². The largest absolute Gasteiger partial charge is 0.348 e. The van der Waals surface area contributed by atoms with E-state index in [0.29, 0.717) is 24.1 Å². The molecular weight excluding hydrogens is 393 g/mol. The number of hydrogen-bond donors (Lipinski definition) is 2. The summed E-state index contributed by atoms with van der Waals surface area (Å²) in [6.45, 7) is 8.02. The molecule has 1 aliphatic rings. The van der Waals surface area contributed by atoms with Crippen LogP contribution in [0.3, 0.4) is 0 Å². The summed E-state index contributed by atoms with van der Waals surface area (Å²) in [5.41, 5.74) is 8.90. The van der Waals surface area contributed by atoms with Gasteiger partial charge in [0.15, 0.2) is 0 Å². The van der Waals surface area contributed by atoms with Crippen molar-refractivity contribution in [1.29, 1.82) is 0 Å². The first-order valence-electron chi connectivity index (χ1n) is 10.9. The summed E-state index contributed by atoms with van der Waals surface area (Å²) < 4.78 is 14.4. The van der Waals surface area contributed by atoms with Gasteiger partial charge in [0.2, 0.25) is 11.8 Å². The van der Waals surface area contributed by atoms with Crippen LogP contribution in [0.2, 0.25) is 0 Å². The van der Waals surface area contributed by atoms with Crippen LogP contribution in [0.5, 0.6) is 0 Å². The van der Waals surface area contributed by atoms with E-state index in [2.05, 4.69) is 5.32 Å². The number of hydrogen-bond acceptors (Lipinski definition) is 3. The third kappa shape index (κ3) is 4.96. The highest BCUT2D eigenvalue weighted by atomic mass is 19.1. The van der Waals surface area contributed by atoms with Gasteiger partial charge in [0, 0.05) is 12.1 Å². The molecule has 5 nitrogen and oxygen atoms in total. The summed E-state index contributed by atoms with van der Waals surface area (Å²) in [4.78, 5) is 27.2. The minimum atomic E-state index is -0.597. The van der Waals surface area contributed by atoms with Crippen LogP contribution in [-0.4, -0.2) is 35.3 Å². The molecule has 3 rings (SSSR count). The first kappa shape index (κ1) is 22.9. The van der Waals surface area contributed by atoms with Gasteiger partial charge in [-0.25, -0.2) is 4.39 Å². The standard InChI is InChI=1S/C25H32FN3O2/c1-15(2)23(27)25(31)29-14-6-9-21(29)24(30)28-17(4)18-10-12-19(13-11-18)20-8-5-7-16(3)22(20)26/h5,7-8,10-13,15,17,21,23H,6,9,14,27H2,1-4H3,(H,28,30). The Morgan fingerprint density at radius 2 is 1.81 bits per heavy atom. The maximum absolute atomic E-state index is 14.4. The molecule has 3 atom stereocenters. The van der Waals surface area contributed by atoms with Gasteiger partial charge in [-0.2, -0.15) is 0 Å². The van der Waals surface area contributed by atoms with E-state index < -0.39 is 12.1 Å². The Bertz CT molecular complexity index is 942. The second kappa shape index (κ2) is 9.60. The third-order valence-corrected chi connectivity index (χ3v) is 6.11. The molecule has 0 aromatic heterocycles. The highest BCUT2D eigenvalue weighted by Gasteiger charge is 2.37. The van der Waals surface area contributed by atoms with Gasteiger partial charge < -0.3 is 16.0 Å². The van der Waals surface area contributed by atoms with Crippen molar-refractivity contribution in [2.45, 2.75) is 58.7 Å². The Hall–Kier alpha value is -2.73. The molecule has 2 aromatic rings. The first-order valence-corrected chi connectivity index (χ1v) is 10.9. The summed E-state index contributed by atoms with van der Waals surface area (Å²) in [5.74, 6) is -0.525. The Labute approximate surface area is 183 Å². The lowest BCUT2D eigenvalue weighted by Crippen LogP contribution is -2.52.